The van der Waals surface area contributed by atoms with E-state index in [0.717, 1.165) is 5.56 Å². The number of carbonyl (C=O) groups excluding carboxylic acids is 3. The van der Waals surface area contributed by atoms with E-state index in [9.17, 15) is 14.4 Å². The molecule has 2 N–H and O–H groups in total. The Bertz CT molecular complexity index is 567. The smallest absolute Gasteiger partial charge is 0.251 e. The molecule has 0 aliphatic rings. The first kappa shape index (κ1) is 18.7. The third-order valence-corrected chi connectivity index (χ3v) is 3.53. The van der Waals surface area contributed by atoms with Crippen molar-refractivity contribution in [1.82, 2.24) is 15.5 Å². The molecular weight excluding hydrogens is 294 g/mol. The summed E-state index contributed by atoms with van der Waals surface area (Å²) >= 11 is 0. The van der Waals surface area contributed by atoms with Crippen molar-refractivity contribution in [3.05, 3.63) is 35.4 Å². The zero-order valence-corrected chi connectivity index (χ0v) is 14.3. The molecule has 0 fully saturated rings. The van der Waals surface area contributed by atoms with Crippen molar-refractivity contribution in [2.45, 2.75) is 33.4 Å². The molecular formula is C17H25N3O3. The molecule has 126 valence electrons. The lowest BCUT2D eigenvalue weighted by Crippen LogP contribution is -2.49. The fourth-order valence-corrected chi connectivity index (χ4v) is 2.23. The van der Waals surface area contributed by atoms with Crippen LogP contribution < -0.4 is 10.6 Å². The molecule has 0 saturated carbocycles. The van der Waals surface area contributed by atoms with Crippen molar-refractivity contribution in [3.8, 4) is 0 Å². The zero-order valence-electron chi connectivity index (χ0n) is 14.3. The molecule has 3 amide bonds. The number of likely N-dealkylation sites (N-methyl/N-ethyl adjacent to an activating group) is 1. The molecule has 0 radical (unpaired) electrons. The van der Waals surface area contributed by atoms with Gasteiger partial charge in [-0.15, -0.1) is 0 Å². The Hall–Kier alpha value is -2.37. The van der Waals surface area contributed by atoms with E-state index in [1.807, 2.05) is 26.0 Å². The summed E-state index contributed by atoms with van der Waals surface area (Å²) in [4.78, 5) is 36.8. The van der Waals surface area contributed by atoms with Gasteiger partial charge in [-0.25, -0.2) is 0 Å². The third kappa shape index (κ3) is 5.39. The number of amides is 3. The Balaban J connectivity index is 2.77. The fraction of sp³-hybridized carbons (Fsp3) is 0.471. The molecule has 1 aromatic rings. The van der Waals surface area contributed by atoms with Crippen LogP contribution >= 0.6 is 0 Å². The number of hydrogen-bond acceptors (Lipinski definition) is 3. The van der Waals surface area contributed by atoms with E-state index < -0.39 is 6.04 Å². The molecule has 0 heterocycles. The molecule has 1 aromatic carbocycles. The van der Waals surface area contributed by atoms with Gasteiger partial charge in [-0.1, -0.05) is 26.0 Å². The highest BCUT2D eigenvalue weighted by Gasteiger charge is 2.25. The molecule has 6 nitrogen and oxygen atoms in total. The Labute approximate surface area is 137 Å². The van der Waals surface area contributed by atoms with Gasteiger partial charge in [-0.05, 0) is 23.6 Å². The second-order valence-electron chi connectivity index (χ2n) is 5.89. The first-order chi connectivity index (χ1) is 10.8. The molecule has 1 atom stereocenters. The van der Waals surface area contributed by atoms with Gasteiger partial charge in [-0.2, -0.15) is 0 Å². The van der Waals surface area contributed by atoms with Crippen molar-refractivity contribution < 1.29 is 14.4 Å². The molecule has 23 heavy (non-hydrogen) atoms. The van der Waals surface area contributed by atoms with Crippen LogP contribution in [0.15, 0.2) is 24.3 Å². The molecule has 0 aliphatic heterocycles. The summed E-state index contributed by atoms with van der Waals surface area (Å²) in [6.07, 6.45) is 0. The van der Waals surface area contributed by atoms with Gasteiger partial charge < -0.3 is 15.5 Å². The Kier molecular flexibility index (Phi) is 6.75. The summed E-state index contributed by atoms with van der Waals surface area (Å²) in [5.74, 6) is -0.498. The molecule has 0 bridgehead atoms. The number of nitrogens with one attached hydrogen (secondary N) is 2. The lowest BCUT2D eigenvalue weighted by atomic mass is 10.0. The van der Waals surface area contributed by atoms with E-state index >= 15 is 0 Å². The molecule has 0 saturated heterocycles. The van der Waals surface area contributed by atoms with Gasteiger partial charge in [0.1, 0.15) is 6.04 Å². The Morgan fingerprint density at radius 3 is 2.13 bits per heavy atom. The topological polar surface area (TPSA) is 78.5 Å². The summed E-state index contributed by atoms with van der Waals surface area (Å²) in [7, 11) is 3.28. The number of nitrogens with zero attached hydrogens (tertiary/aromatic N) is 1. The van der Waals surface area contributed by atoms with E-state index in [1.165, 1.54) is 6.92 Å². The second kappa shape index (κ2) is 8.31. The molecule has 1 unspecified atom stereocenters. The SMILES string of the molecule is CNC(=O)c1ccc(CN(C)C(=O)C(NC(C)=O)C(C)C)cc1. The minimum atomic E-state index is -0.539. The summed E-state index contributed by atoms with van der Waals surface area (Å²) in [5, 5.41) is 5.26. The van der Waals surface area contributed by atoms with Crippen LogP contribution in [-0.2, 0) is 16.1 Å². The molecule has 1 rings (SSSR count). The van der Waals surface area contributed by atoms with Gasteiger partial charge in [0, 0.05) is 33.1 Å². The average molecular weight is 319 g/mol. The van der Waals surface area contributed by atoms with E-state index in [1.54, 1.807) is 31.1 Å². The van der Waals surface area contributed by atoms with E-state index in [4.69, 9.17) is 0 Å². The first-order valence-corrected chi connectivity index (χ1v) is 7.59. The molecule has 0 spiro atoms. The van der Waals surface area contributed by atoms with Crippen LogP contribution in [0.1, 0.15) is 36.7 Å². The number of rotatable bonds is 6. The highest BCUT2D eigenvalue weighted by molar-refractivity contribution is 5.94. The maximum atomic E-state index is 12.5. The summed E-state index contributed by atoms with van der Waals surface area (Å²) < 4.78 is 0. The fourth-order valence-electron chi connectivity index (χ4n) is 2.23. The monoisotopic (exact) mass is 319 g/mol. The van der Waals surface area contributed by atoms with Crippen LogP contribution in [0.2, 0.25) is 0 Å². The lowest BCUT2D eigenvalue weighted by Gasteiger charge is -2.26. The van der Waals surface area contributed by atoms with Crippen LogP contribution in [-0.4, -0.2) is 42.8 Å². The third-order valence-electron chi connectivity index (χ3n) is 3.53. The van der Waals surface area contributed by atoms with E-state index in [2.05, 4.69) is 10.6 Å². The Morgan fingerprint density at radius 1 is 1.13 bits per heavy atom. The van der Waals surface area contributed by atoms with Crippen LogP contribution in [0, 0.1) is 5.92 Å². The lowest BCUT2D eigenvalue weighted by molar-refractivity contribution is -0.136. The van der Waals surface area contributed by atoms with Gasteiger partial charge in [0.2, 0.25) is 11.8 Å². The largest absolute Gasteiger partial charge is 0.355 e. The van der Waals surface area contributed by atoms with Crippen molar-refractivity contribution >= 4 is 17.7 Å². The predicted octanol–water partition coefficient (Wildman–Crippen LogP) is 1.17. The van der Waals surface area contributed by atoms with Crippen LogP contribution in [0.3, 0.4) is 0 Å². The van der Waals surface area contributed by atoms with Crippen molar-refractivity contribution in [3.63, 3.8) is 0 Å². The molecule has 0 aliphatic carbocycles. The van der Waals surface area contributed by atoms with Gasteiger partial charge in [0.05, 0.1) is 0 Å². The van der Waals surface area contributed by atoms with E-state index in [0.29, 0.717) is 12.1 Å². The standard InChI is InChI=1S/C17H25N3O3/c1-11(2)15(19-12(3)21)17(23)20(5)10-13-6-8-14(9-7-13)16(22)18-4/h6-9,11,15H,10H2,1-5H3,(H,18,22)(H,19,21). The number of carbonyl (C=O) groups is 3. The normalized spacial score (nSPS) is 11.7. The van der Waals surface area contributed by atoms with Gasteiger partial charge in [0.15, 0.2) is 0 Å². The second-order valence-corrected chi connectivity index (χ2v) is 5.89. The molecule has 0 aromatic heterocycles. The summed E-state index contributed by atoms with van der Waals surface area (Å²) in [6.45, 7) is 5.60. The van der Waals surface area contributed by atoms with Crippen LogP contribution in [0.5, 0.6) is 0 Å². The van der Waals surface area contributed by atoms with Gasteiger partial charge in [-0.3, -0.25) is 14.4 Å². The van der Waals surface area contributed by atoms with Gasteiger partial charge >= 0.3 is 0 Å². The zero-order chi connectivity index (χ0) is 17.6. The quantitative estimate of drug-likeness (QED) is 0.826. The minimum Gasteiger partial charge on any atom is -0.355 e. The van der Waals surface area contributed by atoms with Crippen LogP contribution in [0.4, 0.5) is 0 Å². The maximum Gasteiger partial charge on any atom is 0.251 e. The average Bonchev–Trinajstić information content (AvgIpc) is 2.51. The maximum absolute atomic E-state index is 12.5. The van der Waals surface area contributed by atoms with Gasteiger partial charge in [0.25, 0.3) is 5.91 Å². The molecule has 6 heteroatoms. The van der Waals surface area contributed by atoms with Crippen LogP contribution in [0.25, 0.3) is 0 Å². The van der Waals surface area contributed by atoms with Crippen molar-refractivity contribution in [2.24, 2.45) is 5.92 Å². The first-order valence-electron chi connectivity index (χ1n) is 7.59. The minimum absolute atomic E-state index is 0.00414. The summed E-state index contributed by atoms with van der Waals surface area (Å²) in [5.41, 5.74) is 1.49. The van der Waals surface area contributed by atoms with E-state index in [-0.39, 0.29) is 23.6 Å². The van der Waals surface area contributed by atoms with Crippen molar-refractivity contribution in [1.29, 1.82) is 0 Å². The number of benzene rings is 1. The highest BCUT2D eigenvalue weighted by atomic mass is 16.2. The van der Waals surface area contributed by atoms with Crippen molar-refractivity contribution in [2.75, 3.05) is 14.1 Å². The Morgan fingerprint density at radius 2 is 1.70 bits per heavy atom. The predicted molar refractivity (Wildman–Crippen MR) is 88.7 cm³/mol. The highest BCUT2D eigenvalue weighted by Crippen LogP contribution is 2.10. The summed E-state index contributed by atoms with van der Waals surface area (Å²) in [6, 6.07) is 6.54. The number of hydrogen-bond donors (Lipinski definition) is 2.